The van der Waals surface area contributed by atoms with Crippen molar-refractivity contribution < 1.29 is 4.74 Å². The summed E-state index contributed by atoms with van der Waals surface area (Å²) in [4.78, 5) is 0. The van der Waals surface area contributed by atoms with Gasteiger partial charge in [-0.25, -0.2) is 0 Å². The second-order valence-corrected chi connectivity index (χ2v) is 3.60. The molecule has 1 aromatic carbocycles. The number of methoxy groups -OCH3 is 1. The minimum Gasteiger partial charge on any atom is -0.497 e. The molecule has 0 N–H and O–H groups in total. The lowest BCUT2D eigenvalue weighted by molar-refractivity contribution is 0.414. The van der Waals surface area contributed by atoms with Gasteiger partial charge in [-0.2, -0.15) is 0 Å². The Morgan fingerprint density at radius 3 is 2.77 bits per heavy atom. The van der Waals surface area contributed by atoms with Crippen LogP contribution in [0.2, 0.25) is 0 Å². The third kappa shape index (κ3) is 1.24. The summed E-state index contributed by atoms with van der Waals surface area (Å²) in [5.74, 6) is 1.50. The van der Waals surface area contributed by atoms with Crippen molar-refractivity contribution in [3.63, 3.8) is 0 Å². The van der Waals surface area contributed by atoms with Gasteiger partial charge in [0.2, 0.25) is 0 Å². The molecule has 0 fully saturated rings. The number of hydrogen-bond donors (Lipinski definition) is 0. The lowest BCUT2D eigenvalue weighted by atomic mass is 9.99. The molecule has 0 saturated heterocycles. The Bertz CT molecular complexity index is 363. The first-order chi connectivity index (χ1) is 6.22. The number of hydrogen-bond acceptors (Lipinski definition) is 1. The van der Waals surface area contributed by atoms with Gasteiger partial charge in [0.15, 0.2) is 0 Å². The van der Waals surface area contributed by atoms with E-state index in [1.54, 1.807) is 7.11 Å². The van der Waals surface area contributed by atoms with E-state index in [-0.39, 0.29) is 0 Å². The van der Waals surface area contributed by atoms with E-state index in [1.807, 2.05) is 6.07 Å². The third-order valence-electron chi connectivity index (χ3n) is 2.83. The van der Waals surface area contributed by atoms with Gasteiger partial charge in [0, 0.05) is 5.92 Å². The summed E-state index contributed by atoms with van der Waals surface area (Å²) in [6.45, 7) is 4.41. The summed E-state index contributed by atoms with van der Waals surface area (Å²) in [6, 6.07) is 6.27. The van der Waals surface area contributed by atoms with E-state index in [4.69, 9.17) is 4.74 Å². The average Bonchev–Trinajstić information content (AvgIpc) is 2.43. The van der Waals surface area contributed by atoms with Crippen molar-refractivity contribution in [2.45, 2.75) is 19.8 Å². The standard InChI is InChI=1S/C12H14O/c1-8-6-10-4-5-11(13-3)7-12(10)9(8)2/h4-7,9H,1-3H3. The van der Waals surface area contributed by atoms with Crippen LogP contribution in [0.3, 0.4) is 0 Å². The van der Waals surface area contributed by atoms with Gasteiger partial charge in [0.05, 0.1) is 7.11 Å². The van der Waals surface area contributed by atoms with E-state index in [0.717, 1.165) is 5.75 Å². The molecule has 0 amide bonds. The van der Waals surface area contributed by atoms with Crippen LogP contribution in [0.25, 0.3) is 6.08 Å². The van der Waals surface area contributed by atoms with Crippen LogP contribution in [0.5, 0.6) is 5.75 Å². The summed E-state index contributed by atoms with van der Waals surface area (Å²) in [5, 5.41) is 0. The Morgan fingerprint density at radius 1 is 1.31 bits per heavy atom. The van der Waals surface area contributed by atoms with Crippen molar-refractivity contribution in [1.82, 2.24) is 0 Å². The molecule has 1 aliphatic rings. The van der Waals surface area contributed by atoms with Crippen LogP contribution in [-0.2, 0) is 0 Å². The normalized spacial score (nSPS) is 19.6. The molecule has 0 aromatic heterocycles. The zero-order valence-electron chi connectivity index (χ0n) is 8.29. The van der Waals surface area contributed by atoms with Gasteiger partial charge in [-0.3, -0.25) is 0 Å². The van der Waals surface area contributed by atoms with Gasteiger partial charge in [-0.1, -0.05) is 24.6 Å². The van der Waals surface area contributed by atoms with Crippen LogP contribution < -0.4 is 4.74 Å². The van der Waals surface area contributed by atoms with E-state index in [0.29, 0.717) is 5.92 Å². The molecule has 0 aliphatic heterocycles. The van der Waals surface area contributed by atoms with Gasteiger partial charge in [-0.15, -0.1) is 0 Å². The zero-order chi connectivity index (χ0) is 9.42. The summed E-state index contributed by atoms with van der Waals surface area (Å²) < 4.78 is 5.20. The summed E-state index contributed by atoms with van der Waals surface area (Å²) >= 11 is 0. The smallest absolute Gasteiger partial charge is 0.119 e. The highest BCUT2D eigenvalue weighted by atomic mass is 16.5. The number of allylic oxidation sites excluding steroid dienone is 1. The first-order valence-electron chi connectivity index (χ1n) is 4.58. The van der Waals surface area contributed by atoms with Crippen molar-refractivity contribution in [3.05, 3.63) is 34.9 Å². The van der Waals surface area contributed by atoms with Crippen LogP contribution in [-0.4, -0.2) is 7.11 Å². The Morgan fingerprint density at radius 2 is 2.08 bits per heavy atom. The minimum atomic E-state index is 0.546. The molecule has 1 aliphatic carbocycles. The molecule has 0 saturated carbocycles. The Hall–Kier alpha value is -1.24. The molecule has 68 valence electrons. The van der Waals surface area contributed by atoms with Crippen LogP contribution >= 0.6 is 0 Å². The molecule has 1 atom stereocenters. The fourth-order valence-electron chi connectivity index (χ4n) is 1.80. The molecular weight excluding hydrogens is 160 g/mol. The van der Waals surface area contributed by atoms with Gasteiger partial charge in [0.25, 0.3) is 0 Å². The van der Waals surface area contributed by atoms with E-state index in [9.17, 15) is 0 Å². The van der Waals surface area contributed by atoms with Crippen molar-refractivity contribution in [2.24, 2.45) is 0 Å². The van der Waals surface area contributed by atoms with Crippen LogP contribution in [0.15, 0.2) is 23.8 Å². The Kier molecular flexibility index (Phi) is 1.87. The van der Waals surface area contributed by atoms with Crippen molar-refractivity contribution in [3.8, 4) is 5.75 Å². The Balaban J connectivity index is 2.48. The number of fused-ring (bicyclic) bond motifs is 1. The van der Waals surface area contributed by atoms with Crippen LogP contribution in [0.1, 0.15) is 30.9 Å². The molecule has 1 aromatic rings. The number of benzene rings is 1. The van der Waals surface area contributed by atoms with E-state index in [2.05, 4.69) is 32.1 Å². The summed E-state index contributed by atoms with van der Waals surface area (Å²) in [7, 11) is 1.71. The maximum Gasteiger partial charge on any atom is 0.119 e. The highest BCUT2D eigenvalue weighted by molar-refractivity contribution is 5.66. The SMILES string of the molecule is COc1ccc2c(c1)C(C)C(C)=C2. The van der Waals surface area contributed by atoms with Crippen LogP contribution in [0.4, 0.5) is 0 Å². The van der Waals surface area contributed by atoms with Crippen molar-refractivity contribution in [2.75, 3.05) is 7.11 Å². The fraction of sp³-hybridized carbons (Fsp3) is 0.333. The van der Waals surface area contributed by atoms with E-state index < -0.39 is 0 Å². The van der Waals surface area contributed by atoms with Gasteiger partial charge in [0.1, 0.15) is 5.75 Å². The average molecular weight is 174 g/mol. The molecule has 0 radical (unpaired) electrons. The summed E-state index contributed by atoms with van der Waals surface area (Å²) in [5.41, 5.74) is 4.16. The molecule has 0 spiro atoms. The fourth-order valence-corrected chi connectivity index (χ4v) is 1.80. The maximum atomic E-state index is 5.20. The molecule has 1 unspecified atom stereocenters. The van der Waals surface area contributed by atoms with Crippen molar-refractivity contribution in [1.29, 1.82) is 0 Å². The third-order valence-corrected chi connectivity index (χ3v) is 2.83. The predicted octanol–water partition coefficient (Wildman–Crippen LogP) is 3.22. The lowest BCUT2D eigenvalue weighted by Gasteiger charge is -2.08. The summed E-state index contributed by atoms with van der Waals surface area (Å²) in [6.07, 6.45) is 2.25. The first-order valence-corrected chi connectivity index (χ1v) is 4.58. The monoisotopic (exact) mass is 174 g/mol. The molecule has 13 heavy (non-hydrogen) atoms. The number of ether oxygens (including phenoxy) is 1. The molecule has 0 bridgehead atoms. The number of rotatable bonds is 1. The van der Waals surface area contributed by atoms with E-state index in [1.165, 1.54) is 16.7 Å². The highest BCUT2D eigenvalue weighted by Gasteiger charge is 2.18. The maximum absolute atomic E-state index is 5.20. The molecular formula is C12H14O. The van der Waals surface area contributed by atoms with Crippen LogP contribution in [0, 0.1) is 0 Å². The van der Waals surface area contributed by atoms with Crippen molar-refractivity contribution >= 4 is 6.08 Å². The van der Waals surface area contributed by atoms with Gasteiger partial charge >= 0.3 is 0 Å². The van der Waals surface area contributed by atoms with Gasteiger partial charge < -0.3 is 4.74 Å². The molecule has 1 heteroatoms. The van der Waals surface area contributed by atoms with E-state index >= 15 is 0 Å². The molecule has 2 rings (SSSR count). The molecule has 0 heterocycles. The van der Waals surface area contributed by atoms with Gasteiger partial charge in [-0.05, 0) is 30.2 Å². The second kappa shape index (κ2) is 2.91. The topological polar surface area (TPSA) is 9.23 Å². The second-order valence-electron chi connectivity index (χ2n) is 3.60. The Labute approximate surface area is 79.0 Å². The zero-order valence-corrected chi connectivity index (χ0v) is 8.29. The molecule has 1 nitrogen and oxygen atoms in total. The quantitative estimate of drug-likeness (QED) is 0.635. The lowest BCUT2D eigenvalue weighted by Crippen LogP contribution is -1.91. The highest BCUT2D eigenvalue weighted by Crippen LogP contribution is 2.37. The minimum absolute atomic E-state index is 0.546. The largest absolute Gasteiger partial charge is 0.497 e. The predicted molar refractivity (Wildman–Crippen MR) is 55.1 cm³/mol. The first kappa shape index (κ1) is 8.36.